The Bertz CT molecular complexity index is 2160. The predicted molar refractivity (Wildman–Crippen MR) is 174 cm³/mol. The van der Waals surface area contributed by atoms with Gasteiger partial charge in [-0.3, -0.25) is 0 Å². The maximum atomic E-state index is 6.75. The molecule has 3 nitrogen and oxygen atoms in total. The topological polar surface area (TPSA) is 44.1 Å². The minimum atomic E-state index is 0.778. The second-order valence-corrected chi connectivity index (χ2v) is 11.4. The normalized spacial score (nSPS) is 11.7. The van der Waals surface area contributed by atoms with E-state index in [4.69, 9.17) is 10.2 Å². The number of nitrogens with zero attached hydrogens (tertiary/aromatic N) is 1. The minimum Gasteiger partial charge on any atom is -0.456 e. The molecule has 196 valence electrons. The SMILES string of the molecule is Nc1c(SCc2ccc(-n3c4ccccc4c4ccccc43)cc2)ccc2oc3cc(-c4ccccc4)ccc3c12. The molecule has 0 aliphatic rings. The summed E-state index contributed by atoms with van der Waals surface area (Å²) in [7, 11) is 0. The first-order chi connectivity index (χ1) is 20.2. The molecule has 0 fully saturated rings. The number of aromatic nitrogens is 1. The lowest BCUT2D eigenvalue weighted by atomic mass is 10.0. The quantitative estimate of drug-likeness (QED) is 0.172. The highest BCUT2D eigenvalue weighted by atomic mass is 32.2. The molecule has 2 heterocycles. The second kappa shape index (κ2) is 9.61. The summed E-state index contributed by atoms with van der Waals surface area (Å²) in [6, 6.07) is 47.0. The molecule has 0 aliphatic heterocycles. The van der Waals surface area contributed by atoms with E-state index in [-0.39, 0.29) is 0 Å². The molecule has 8 rings (SSSR count). The standard InChI is InChI=1S/C37H26N2OS/c38-37-35(21-20-33-36(37)30-19-16-26(22-34(30)40-33)25-8-2-1-3-9-25)41-23-24-14-17-27(18-15-24)39-31-12-6-4-10-28(31)29-11-5-7-13-32(29)39/h1-22H,23,38H2. The van der Waals surface area contributed by atoms with Crippen molar-refractivity contribution < 1.29 is 4.42 Å². The van der Waals surface area contributed by atoms with E-state index in [2.05, 4.69) is 126 Å². The summed E-state index contributed by atoms with van der Waals surface area (Å²) < 4.78 is 8.58. The van der Waals surface area contributed by atoms with E-state index in [1.165, 1.54) is 32.9 Å². The summed E-state index contributed by atoms with van der Waals surface area (Å²) >= 11 is 1.76. The van der Waals surface area contributed by atoms with Crippen LogP contribution in [0.3, 0.4) is 0 Å². The molecule has 2 N–H and O–H groups in total. The number of nitrogens with two attached hydrogens (primary N) is 1. The Kier molecular flexibility index (Phi) is 5.61. The van der Waals surface area contributed by atoms with E-state index in [1.807, 2.05) is 12.1 Å². The first-order valence-corrected chi connectivity index (χ1v) is 14.7. The van der Waals surface area contributed by atoms with Crippen LogP contribution in [0.2, 0.25) is 0 Å². The molecule has 0 radical (unpaired) electrons. The van der Waals surface area contributed by atoms with Gasteiger partial charge in [0, 0.05) is 32.5 Å². The highest BCUT2D eigenvalue weighted by Crippen LogP contribution is 2.40. The van der Waals surface area contributed by atoms with E-state index in [0.29, 0.717) is 0 Å². The Labute approximate surface area is 241 Å². The summed E-state index contributed by atoms with van der Waals surface area (Å²) in [6.07, 6.45) is 0. The zero-order valence-electron chi connectivity index (χ0n) is 22.2. The van der Waals surface area contributed by atoms with Gasteiger partial charge in [0.2, 0.25) is 0 Å². The third-order valence-corrected chi connectivity index (χ3v) is 9.06. The number of nitrogen functional groups attached to an aromatic ring is 1. The Morgan fingerprint density at radius 2 is 1.27 bits per heavy atom. The van der Waals surface area contributed by atoms with Gasteiger partial charge in [-0.25, -0.2) is 0 Å². The molecule has 0 amide bonds. The first-order valence-electron chi connectivity index (χ1n) is 13.7. The maximum absolute atomic E-state index is 6.75. The van der Waals surface area contributed by atoms with Crippen molar-refractivity contribution in [2.45, 2.75) is 10.6 Å². The zero-order valence-corrected chi connectivity index (χ0v) is 23.1. The fourth-order valence-electron chi connectivity index (χ4n) is 5.91. The van der Waals surface area contributed by atoms with E-state index in [1.54, 1.807) is 11.8 Å². The third-order valence-electron chi connectivity index (χ3n) is 7.91. The molecule has 41 heavy (non-hydrogen) atoms. The predicted octanol–water partition coefficient (Wildman–Crippen LogP) is 10.2. The summed E-state index contributed by atoms with van der Waals surface area (Å²) in [5.74, 6) is 0.830. The van der Waals surface area contributed by atoms with E-state index in [9.17, 15) is 0 Å². The second-order valence-electron chi connectivity index (χ2n) is 10.4. The number of thioether (sulfide) groups is 1. The van der Waals surface area contributed by atoms with Gasteiger partial charge in [0.1, 0.15) is 11.2 Å². The molecule has 4 heteroatoms. The highest BCUT2D eigenvalue weighted by molar-refractivity contribution is 7.98. The summed E-state index contributed by atoms with van der Waals surface area (Å²) in [5, 5.41) is 4.59. The molecule has 0 atom stereocenters. The number of benzene rings is 6. The molecule has 0 spiro atoms. The monoisotopic (exact) mass is 546 g/mol. The Hall–Kier alpha value is -4.93. The van der Waals surface area contributed by atoms with Crippen LogP contribution < -0.4 is 5.73 Å². The number of anilines is 1. The lowest BCUT2D eigenvalue weighted by Gasteiger charge is -2.10. The number of rotatable bonds is 5. The van der Waals surface area contributed by atoms with Crippen LogP contribution in [-0.4, -0.2) is 4.57 Å². The fraction of sp³-hybridized carbons (Fsp3) is 0.0270. The lowest BCUT2D eigenvalue weighted by Crippen LogP contribution is -1.94. The average Bonchev–Trinajstić information content (AvgIpc) is 3.57. The van der Waals surface area contributed by atoms with Gasteiger partial charge in [0.05, 0.1) is 22.1 Å². The van der Waals surface area contributed by atoms with Crippen molar-refractivity contribution in [3.05, 3.63) is 139 Å². The molecular formula is C37H26N2OS. The van der Waals surface area contributed by atoms with Gasteiger partial charge in [-0.1, -0.05) is 84.9 Å². The van der Waals surface area contributed by atoms with Gasteiger partial charge in [0.15, 0.2) is 0 Å². The largest absolute Gasteiger partial charge is 0.456 e. The molecule has 0 unspecified atom stereocenters. The van der Waals surface area contributed by atoms with E-state index < -0.39 is 0 Å². The molecule has 0 saturated heterocycles. The van der Waals surface area contributed by atoms with Crippen LogP contribution in [0, 0.1) is 0 Å². The van der Waals surface area contributed by atoms with E-state index in [0.717, 1.165) is 49.5 Å². The zero-order chi connectivity index (χ0) is 27.3. The molecule has 0 saturated carbocycles. The van der Waals surface area contributed by atoms with Crippen LogP contribution in [0.25, 0.3) is 60.6 Å². The number of hydrogen-bond donors (Lipinski definition) is 1. The Balaban J connectivity index is 1.08. The van der Waals surface area contributed by atoms with Gasteiger partial charge in [0.25, 0.3) is 0 Å². The van der Waals surface area contributed by atoms with Crippen LogP contribution >= 0.6 is 11.8 Å². The molecule has 0 aliphatic carbocycles. The molecule has 2 aromatic heterocycles. The molecule has 0 bridgehead atoms. The van der Waals surface area contributed by atoms with Gasteiger partial charge in [-0.15, -0.1) is 11.8 Å². The Morgan fingerprint density at radius 1 is 0.585 bits per heavy atom. The fourth-order valence-corrected chi connectivity index (χ4v) is 6.85. The Morgan fingerprint density at radius 3 is 2.00 bits per heavy atom. The van der Waals surface area contributed by atoms with Crippen LogP contribution in [0.15, 0.2) is 143 Å². The van der Waals surface area contributed by atoms with Gasteiger partial charge in [-0.05, 0) is 65.2 Å². The average molecular weight is 547 g/mol. The summed E-state index contributed by atoms with van der Waals surface area (Å²) in [6.45, 7) is 0. The maximum Gasteiger partial charge on any atom is 0.137 e. The third kappa shape index (κ3) is 3.99. The van der Waals surface area contributed by atoms with Gasteiger partial charge < -0.3 is 14.7 Å². The van der Waals surface area contributed by atoms with Gasteiger partial charge in [-0.2, -0.15) is 0 Å². The molecule has 6 aromatic carbocycles. The van der Waals surface area contributed by atoms with Crippen LogP contribution in [0.4, 0.5) is 5.69 Å². The summed E-state index contributed by atoms with van der Waals surface area (Å²) in [5.41, 5.74) is 16.4. The molecule has 8 aromatic rings. The van der Waals surface area contributed by atoms with E-state index >= 15 is 0 Å². The number of furan rings is 1. The van der Waals surface area contributed by atoms with Gasteiger partial charge >= 0.3 is 0 Å². The first kappa shape index (κ1) is 23.9. The smallest absolute Gasteiger partial charge is 0.137 e. The van der Waals surface area contributed by atoms with Crippen LogP contribution in [-0.2, 0) is 5.75 Å². The van der Waals surface area contributed by atoms with Crippen molar-refractivity contribution in [1.29, 1.82) is 0 Å². The van der Waals surface area contributed by atoms with Crippen LogP contribution in [0.1, 0.15) is 5.56 Å². The highest BCUT2D eigenvalue weighted by Gasteiger charge is 2.15. The lowest BCUT2D eigenvalue weighted by molar-refractivity contribution is 0.669. The van der Waals surface area contributed by atoms with Crippen molar-refractivity contribution >= 4 is 61.2 Å². The summed E-state index contributed by atoms with van der Waals surface area (Å²) in [4.78, 5) is 1.07. The molecular weight excluding hydrogens is 520 g/mol. The number of para-hydroxylation sites is 2. The van der Waals surface area contributed by atoms with Crippen molar-refractivity contribution in [1.82, 2.24) is 4.57 Å². The number of fused-ring (bicyclic) bond motifs is 6. The van der Waals surface area contributed by atoms with Crippen LogP contribution in [0.5, 0.6) is 0 Å². The number of hydrogen-bond acceptors (Lipinski definition) is 3. The van der Waals surface area contributed by atoms with Crippen molar-refractivity contribution in [3.63, 3.8) is 0 Å². The van der Waals surface area contributed by atoms with Crippen molar-refractivity contribution in [2.24, 2.45) is 0 Å². The van der Waals surface area contributed by atoms with Crippen molar-refractivity contribution in [2.75, 3.05) is 5.73 Å². The minimum absolute atomic E-state index is 0.778. The van der Waals surface area contributed by atoms with Crippen molar-refractivity contribution in [3.8, 4) is 16.8 Å².